The van der Waals surface area contributed by atoms with Crippen LogP contribution in [-0.4, -0.2) is 22.0 Å². The summed E-state index contributed by atoms with van der Waals surface area (Å²) in [5, 5.41) is 4.05. The number of aromatic nitrogens is 3. The molecule has 0 fully saturated rings. The molecule has 4 nitrogen and oxygen atoms in total. The number of aryl methyl sites for hydroxylation is 2. The van der Waals surface area contributed by atoms with Crippen LogP contribution in [0.4, 0.5) is 10.2 Å². The number of hydrogen-bond donors (Lipinski definition) is 1. The van der Waals surface area contributed by atoms with Crippen molar-refractivity contribution in [3.8, 4) is 11.5 Å². The Kier molecular flexibility index (Phi) is 3.10. The highest BCUT2D eigenvalue weighted by Gasteiger charge is 2.16. The molecule has 0 saturated heterocycles. The van der Waals surface area contributed by atoms with Gasteiger partial charge in [-0.25, -0.2) is 19.3 Å². The number of halogens is 1. The predicted octanol–water partition coefficient (Wildman–Crippen LogP) is 3.55. The lowest BCUT2D eigenvalue weighted by molar-refractivity contribution is 0.624. The minimum atomic E-state index is -0.418. The number of pyridine rings is 1. The van der Waals surface area contributed by atoms with E-state index in [4.69, 9.17) is 0 Å². The highest BCUT2D eigenvalue weighted by molar-refractivity contribution is 7.18. The van der Waals surface area contributed by atoms with Gasteiger partial charge in [0.2, 0.25) is 0 Å². The molecule has 0 saturated carbocycles. The van der Waals surface area contributed by atoms with Crippen molar-refractivity contribution in [2.45, 2.75) is 13.8 Å². The summed E-state index contributed by atoms with van der Waals surface area (Å²) in [4.78, 5) is 14.9. The van der Waals surface area contributed by atoms with E-state index >= 15 is 0 Å². The van der Waals surface area contributed by atoms with Gasteiger partial charge in [0.25, 0.3) is 0 Å². The predicted molar refractivity (Wildman–Crippen MR) is 79.6 cm³/mol. The number of rotatable bonds is 2. The van der Waals surface area contributed by atoms with Gasteiger partial charge in [-0.3, -0.25) is 0 Å². The van der Waals surface area contributed by atoms with Gasteiger partial charge in [-0.15, -0.1) is 11.3 Å². The van der Waals surface area contributed by atoms with E-state index in [0.717, 1.165) is 15.8 Å². The number of hydrogen-bond acceptors (Lipinski definition) is 5. The fourth-order valence-corrected chi connectivity index (χ4v) is 3.12. The van der Waals surface area contributed by atoms with Gasteiger partial charge in [-0.05, 0) is 31.5 Å². The Hall–Kier alpha value is -2.08. The van der Waals surface area contributed by atoms with Crippen LogP contribution in [0.3, 0.4) is 0 Å². The molecular formula is C14H13FN4S. The van der Waals surface area contributed by atoms with Crippen molar-refractivity contribution >= 4 is 27.4 Å². The number of anilines is 1. The largest absolute Gasteiger partial charge is 0.372 e. The van der Waals surface area contributed by atoms with Crippen LogP contribution in [0.25, 0.3) is 21.7 Å². The molecule has 1 N–H and O–H groups in total. The van der Waals surface area contributed by atoms with Crippen LogP contribution in [0.2, 0.25) is 0 Å². The highest BCUT2D eigenvalue weighted by Crippen LogP contribution is 2.34. The monoisotopic (exact) mass is 288 g/mol. The second-order valence-corrected chi connectivity index (χ2v) is 5.65. The molecule has 0 bridgehead atoms. The molecule has 0 amide bonds. The Labute approximate surface area is 119 Å². The normalized spacial score (nSPS) is 11.0. The molecule has 0 aliphatic carbocycles. The lowest BCUT2D eigenvalue weighted by atomic mass is 10.2. The summed E-state index contributed by atoms with van der Waals surface area (Å²) in [5.41, 5.74) is 1.33. The molecule has 0 radical (unpaired) electrons. The number of fused-ring (bicyclic) bond motifs is 1. The molecule has 0 atom stereocenters. The first-order valence-electron chi connectivity index (χ1n) is 6.18. The van der Waals surface area contributed by atoms with Crippen molar-refractivity contribution in [1.29, 1.82) is 0 Å². The maximum atomic E-state index is 13.8. The first-order valence-corrected chi connectivity index (χ1v) is 7.00. The van der Waals surface area contributed by atoms with E-state index in [1.165, 1.54) is 17.1 Å². The zero-order chi connectivity index (χ0) is 14.3. The van der Waals surface area contributed by atoms with Gasteiger partial charge in [0.15, 0.2) is 11.6 Å². The Balaban J connectivity index is 2.32. The van der Waals surface area contributed by atoms with Crippen LogP contribution in [0.5, 0.6) is 0 Å². The molecule has 3 heterocycles. The van der Waals surface area contributed by atoms with E-state index in [9.17, 15) is 4.39 Å². The van der Waals surface area contributed by atoms with E-state index in [0.29, 0.717) is 11.6 Å². The van der Waals surface area contributed by atoms with Crippen molar-refractivity contribution in [2.24, 2.45) is 0 Å². The van der Waals surface area contributed by atoms with Crippen LogP contribution < -0.4 is 5.32 Å². The molecular weight excluding hydrogens is 275 g/mol. The number of thiophene rings is 1. The summed E-state index contributed by atoms with van der Waals surface area (Å²) in [7, 11) is 1.80. The average Bonchev–Trinajstić information content (AvgIpc) is 2.73. The van der Waals surface area contributed by atoms with Gasteiger partial charge in [0.1, 0.15) is 16.3 Å². The molecule has 0 aliphatic heterocycles. The molecule has 6 heteroatoms. The van der Waals surface area contributed by atoms with Gasteiger partial charge in [0, 0.05) is 18.1 Å². The van der Waals surface area contributed by atoms with Crippen LogP contribution in [0.15, 0.2) is 18.3 Å². The third kappa shape index (κ3) is 1.92. The van der Waals surface area contributed by atoms with E-state index in [1.807, 2.05) is 13.8 Å². The zero-order valence-corrected chi connectivity index (χ0v) is 12.2. The zero-order valence-electron chi connectivity index (χ0n) is 11.4. The Morgan fingerprint density at radius 3 is 2.75 bits per heavy atom. The van der Waals surface area contributed by atoms with Crippen molar-refractivity contribution < 1.29 is 4.39 Å². The topological polar surface area (TPSA) is 50.7 Å². The van der Waals surface area contributed by atoms with Crippen molar-refractivity contribution in [3.05, 3.63) is 34.6 Å². The fraction of sp³-hybridized carbons (Fsp3) is 0.214. The van der Waals surface area contributed by atoms with Crippen LogP contribution >= 0.6 is 11.3 Å². The summed E-state index contributed by atoms with van der Waals surface area (Å²) < 4.78 is 13.8. The third-order valence-corrected chi connectivity index (χ3v) is 4.34. The summed E-state index contributed by atoms with van der Waals surface area (Å²) in [5.74, 6) is 0.594. The lowest BCUT2D eigenvalue weighted by Gasteiger charge is -2.06. The Bertz CT molecular complexity index is 797. The summed E-state index contributed by atoms with van der Waals surface area (Å²) in [6.45, 7) is 4.08. The summed E-state index contributed by atoms with van der Waals surface area (Å²) in [6, 6.07) is 2.91. The second kappa shape index (κ2) is 4.79. The molecule has 0 unspecified atom stereocenters. The van der Waals surface area contributed by atoms with Crippen molar-refractivity contribution in [1.82, 2.24) is 15.0 Å². The molecule has 0 aromatic carbocycles. The molecule has 0 spiro atoms. The minimum Gasteiger partial charge on any atom is -0.372 e. The standard InChI is InChI=1S/C14H13FN4S/c1-7-8(2)20-14-10(7)12(16-3)18-13(19-14)11-9(15)5-4-6-17-11/h4-6H,1-3H3,(H,16,18,19). The number of nitrogens with zero attached hydrogens (tertiary/aromatic N) is 3. The first kappa shape index (κ1) is 12.9. The molecule has 3 aromatic heterocycles. The molecule has 20 heavy (non-hydrogen) atoms. The van der Waals surface area contributed by atoms with Gasteiger partial charge >= 0.3 is 0 Å². The van der Waals surface area contributed by atoms with Gasteiger partial charge in [0.05, 0.1) is 5.39 Å². The van der Waals surface area contributed by atoms with E-state index in [2.05, 4.69) is 20.3 Å². The third-order valence-electron chi connectivity index (χ3n) is 3.24. The van der Waals surface area contributed by atoms with Gasteiger partial charge in [-0.1, -0.05) is 0 Å². The average molecular weight is 288 g/mol. The Morgan fingerprint density at radius 2 is 2.05 bits per heavy atom. The van der Waals surface area contributed by atoms with Crippen LogP contribution in [0.1, 0.15) is 10.4 Å². The van der Waals surface area contributed by atoms with E-state index in [1.54, 1.807) is 24.5 Å². The maximum absolute atomic E-state index is 13.8. The van der Waals surface area contributed by atoms with Gasteiger partial charge < -0.3 is 5.32 Å². The van der Waals surface area contributed by atoms with Crippen molar-refractivity contribution in [3.63, 3.8) is 0 Å². The molecule has 102 valence electrons. The number of nitrogens with one attached hydrogen (secondary N) is 1. The SMILES string of the molecule is CNc1nc(-c2ncccc2F)nc2sc(C)c(C)c12. The molecule has 0 aliphatic rings. The molecule has 3 rings (SSSR count). The summed E-state index contributed by atoms with van der Waals surface area (Å²) in [6.07, 6.45) is 1.54. The van der Waals surface area contributed by atoms with Crippen molar-refractivity contribution in [2.75, 3.05) is 12.4 Å². The maximum Gasteiger partial charge on any atom is 0.184 e. The lowest BCUT2D eigenvalue weighted by Crippen LogP contribution is -2.00. The Morgan fingerprint density at radius 1 is 1.25 bits per heavy atom. The molecule has 3 aromatic rings. The van der Waals surface area contributed by atoms with E-state index in [-0.39, 0.29) is 5.69 Å². The van der Waals surface area contributed by atoms with Gasteiger partial charge in [-0.2, -0.15) is 0 Å². The first-order chi connectivity index (χ1) is 9.61. The second-order valence-electron chi connectivity index (χ2n) is 4.44. The minimum absolute atomic E-state index is 0.176. The van der Waals surface area contributed by atoms with Crippen LogP contribution in [0, 0.1) is 19.7 Å². The van der Waals surface area contributed by atoms with E-state index < -0.39 is 5.82 Å². The quantitative estimate of drug-likeness (QED) is 0.783. The highest BCUT2D eigenvalue weighted by atomic mass is 32.1. The fourth-order valence-electron chi connectivity index (χ4n) is 2.09. The smallest absolute Gasteiger partial charge is 0.184 e. The summed E-state index contributed by atoms with van der Waals surface area (Å²) >= 11 is 1.58. The van der Waals surface area contributed by atoms with Crippen LogP contribution in [-0.2, 0) is 0 Å².